The Kier molecular flexibility index (Phi) is 11.6. The molecule has 0 radical (unpaired) electrons. The number of hydrogen-bond acceptors (Lipinski definition) is 9. The zero-order valence-electron chi connectivity index (χ0n) is 27.2. The fourth-order valence-electron chi connectivity index (χ4n) is 4.77. The quantitative estimate of drug-likeness (QED) is 0.0785. The summed E-state index contributed by atoms with van der Waals surface area (Å²) in [5, 5.41) is 11.8. The molecular formula is C32H41ClF2N6O4Si. The Morgan fingerprint density at radius 1 is 1.09 bits per heavy atom. The van der Waals surface area contributed by atoms with E-state index in [1.807, 2.05) is 32.0 Å². The lowest BCUT2D eigenvalue weighted by molar-refractivity contribution is -0.151. The van der Waals surface area contributed by atoms with Crippen molar-refractivity contribution in [3.05, 3.63) is 59.1 Å². The van der Waals surface area contributed by atoms with Crippen LogP contribution < -0.4 is 20.2 Å². The lowest BCUT2D eigenvalue weighted by Gasteiger charge is -2.22. The Labute approximate surface area is 273 Å². The Bertz CT molecular complexity index is 1670. The van der Waals surface area contributed by atoms with E-state index in [1.54, 1.807) is 20.0 Å². The first kappa shape index (κ1) is 35.0. The highest BCUT2D eigenvalue weighted by molar-refractivity contribution is 6.76. The van der Waals surface area contributed by atoms with Gasteiger partial charge in [0.1, 0.15) is 36.1 Å². The van der Waals surface area contributed by atoms with Gasteiger partial charge in [0.25, 0.3) is 0 Å². The SMILES string of the molecule is CN[C@H](C(=O)O[C@@H](C)CNc1nc(Oc2ccc(F)cc2F)nc2c1c(-c1ccccc1Cl)nn2OCCC[Si](C)(C)C)C(C)C. The van der Waals surface area contributed by atoms with Crippen molar-refractivity contribution in [1.82, 2.24) is 25.2 Å². The number of nitrogens with zero attached hydrogens (tertiary/aromatic N) is 4. The van der Waals surface area contributed by atoms with Crippen molar-refractivity contribution < 1.29 is 27.9 Å². The average molecular weight is 675 g/mol. The highest BCUT2D eigenvalue weighted by atomic mass is 35.5. The molecule has 0 saturated carbocycles. The predicted octanol–water partition coefficient (Wildman–Crippen LogP) is 6.96. The van der Waals surface area contributed by atoms with Crippen LogP contribution in [-0.2, 0) is 9.53 Å². The third-order valence-corrected chi connectivity index (χ3v) is 9.28. The van der Waals surface area contributed by atoms with E-state index in [0.29, 0.717) is 34.3 Å². The van der Waals surface area contributed by atoms with Crippen molar-refractivity contribution in [1.29, 1.82) is 0 Å². The molecule has 0 saturated heterocycles. The molecule has 46 heavy (non-hydrogen) atoms. The third kappa shape index (κ3) is 8.92. The van der Waals surface area contributed by atoms with Gasteiger partial charge in [-0.15, -0.1) is 5.10 Å². The Balaban J connectivity index is 1.77. The molecule has 4 rings (SSSR count). The highest BCUT2D eigenvalue weighted by Crippen LogP contribution is 2.37. The van der Waals surface area contributed by atoms with E-state index in [1.165, 1.54) is 4.85 Å². The van der Waals surface area contributed by atoms with Gasteiger partial charge in [0.2, 0.25) is 5.65 Å². The molecule has 2 atom stereocenters. The van der Waals surface area contributed by atoms with Gasteiger partial charge in [-0.3, -0.25) is 4.79 Å². The lowest BCUT2D eigenvalue weighted by atomic mass is 10.1. The maximum absolute atomic E-state index is 14.6. The Morgan fingerprint density at radius 2 is 1.83 bits per heavy atom. The first-order valence-corrected chi connectivity index (χ1v) is 19.3. The van der Waals surface area contributed by atoms with Gasteiger partial charge in [0.15, 0.2) is 11.6 Å². The van der Waals surface area contributed by atoms with Crippen LogP contribution in [0, 0.1) is 17.6 Å². The van der Waals surface area contributed by atoms with E-state index in [2.05, 4.69) is 40.2 Å². The predicted molar refractivity (Wildman–Crippen MR) is 178 cm³/mol. The summed E-state index contributed by atoms with van der Waals surface area (Å²) < 4.78 is 39.6. The smallest absolute Gasteiger partial charge is 0.326 e. The molecule has 2 aromatic carbocycles. The molecular weight excluding hydrogens is 634 g/mol. The van der Waals surface area contributed by atoms with Crippen LogP contribution in [0.25, 0.3) is 22.3 Å². The first-order chi connectivity index (χ1) is 21.8. The second-order valence-electron chi connectivity index (χ2n) is 12.6. The van der Waals surface area contributed by atoms with Crippen molar-refractivity contribution in [2.24, 2.45) is 5.92 Å². The van der Waals surface area contributed by atoms with E-state index < -0.39 is 31.9 Å². The van der Waals surface area contributed by atoms with E-state index >= 15 is 0 Å². The minimum atomic E-state index is -1.31. The van der Waals surface area contributed by atoms with Crippen LogP contribution in [0.15, 0.2) is 42.5 Å². The fraction of sp³-hybridized carbons (Fsp3) is 0.438. The average Bonchev–Trinajstić information content (AvgIpc) is 3.33. The molecule has 2 N–H and O–H groups in total. The van der Waals surface area contributed by atoms with Crippen LogP contribution in [-0.4, -0.2) is 66.3 Å². The molecule has 4 aromatic rings. The summed E-state index contributed by atoms with van der Waals surface area (Å²) in [5.74, 6) is -2.04. The number of likely N-dealkylation sites (N-methyl/N-ethyl adjacent to an activating group) is 1. The van der Waals surface area contributed by atoms with Gasteiger partial charge >= 0.3 is 12.0 Å². The largest absolute Gasteiger partial charge is 0.460 e. The van der Waals surface area contributed by atoms with Gasteiger partial charge in [-0.25, -0.2) is 8.78 Å². The van der Waals surface area contributed by atoms with E-state index in [-0.39, 0.29) is 41.7 Å². The van der Waals surface area contributed by atoms with E-state index in [4.69, 9.17) is 31.0 Å². The number of halogens is 3. The molecule has 2 heterocycles. The molecule has 0 unspecified atom stereocenters. The number of esters is 1. The Morgan fingerprint density at radius 3 is 2.48 bits per heavy atom. The topological polar surface area (TPSA) is 112 Å². The summed E-state index contributed by atoms with van der Waals surface area (Å²) in [5.41, 5.74) is 1.28. The first-order valence-electron chi connectivity index (χ1n) is 15.2. The minimum Gasteiger partial charge on any atom is -0.460 e. The van der Waals surface area contributed by atoms with E-state index in [0.717, 1.165) is 24.6 Å². The van der Waals surface area contributed by atoms with Crippen LogP contribution in [0.1, 0.15) is 27.2 Å². The molecule has 14 heteroatoms. The molecule has 2 aromatic heterocycles. The van der Waals surface area contributed by atoms with Crippen molar-refractivity contribution in [2.75, 3.05) is 25.5 Å². The monoisotopic (exact) mass is 674 g/mol. The van der Waals surface area contributed by atoms with Gasteiger partial charge < -0.3 is 24.9 Å². The molecule has 0 bridgehead atoms. The van der Waals surface area contributed by atoms with Crippen molar-refractivity contribution in [2.45, 2.75) is 65.0 Å². The third-order valence-electron chi connectivity index (χ3n) is 7.09. The summed E-state index contributed by atoms with van der Waals surface area (Å²) in [6.45, 7) is 13.0. The standard InChI is InChI=1S/C32H41ClF2N6O4Si/c1-19(2)27(36-4)31(42)44-20(3)18-37-29-26-28(22-11-8-9-12-23(22)33)40-41(43-15-10-16-46(5,6)7)30(26)39-32(38-29)45-25-14-13-21(34)17-24(25)35/h8-9,11-14,17,19-20,27,36H,10,15-16,18H2,1-7H3,(H,37,38,39)/t20-,27-/m0/s1. The number of carbonyl (C=O) groups excluding carboxylic acids is 1. The summed E-state index contributed by atoms with van der Waals surface area (Å²) in [6.07, 6.45) is 0.244. The second kappa shape index (κ2) is 15.2. The number of fused-ring (bicyclic) bond motifs is 1. The van der Waals surface area contributed by atoms with Crippen LogP contribution in [0.3, 0.4) is 0 Å². The molecule has 0 spiro atoms. The molecule has 10 nitrogen and oxygen atoms in total. The van der Waals surface area contributed by atoms with Gasteiger partial charge in [-0.05, 0) is 44.5 Å². The van der Waals surface area contributed by atoms with Crippen molar-refractivity contribution in [3.8, 4) is 23.0 Å². The number of ether oxygens (including phenoxy) is 2. The van der Waals surface area contributed by atoms with Crippen molar-refractivity contribution in [3.63, 3.8) is 0 Å². The Hall–Kier alpha value is -3.81. The number of aromatic nitrogens is 4. The maximum Gasteiger partial charge on any atom is 0.326 e. The van der Waals surface area contributed by atoms with Gasteiger partial charge in [0.05, 0.1) is 17.0 Å². The summed E-state index contributed by atoms with van der Waals surface area (Å²) >= 11 is 6.61. The molecule has 0 aliphatic carbocycles. The summed E-state index contributed by atoms with van der Waals surface area (Å²) in [7, 11) is 0.398. The number of nitrogens with one attached hydrogen (secondary N) is 2. The highest BCUT2D eigenvalue weighted by Gasteiger charge is 2.26. The fourth-order valence-corrected chi connectivity index (χ4v) is 6.20. The van der Waals surface area contributed by atoms with Crippen molar-refractivity contribution >= 4 is 42.5 Å². The summed E-state index contributed by atoms with van der Waals surface area (Å²) in [6, 6.07) is 10.5. The second-order valence-corrected chi connectivity index (χ2v) is 18.6. The zero-order chi connectivity index (χ0) is 33.6. The molecule has 0 aliphatic heterocycles. The van der Waals surface area contributed by atoms with Gasteiger partial charge in [-0.1, -0.05) is 74.2 Å². The molecule has 0 amide bonds. The maximum atomic E-state index is 14.6. The minimum absolute atomic E-state index is 0.0282. The number of anilines is 1. The normalized spacial score (nSPS) is 13.1. The molecule has 0 aliphatic rings. The number of carbonyl (C=O) groups is 1. The van der Waals surface area contributed by atoms with Crippen LogP contribution in [0.5, 0.6) is 11.8 Å². The lowest BCUT2D eigenvalue weighted by Crippen LogP contribution is -2.42. The van der Waals surface area contributed by atoms with Crippen LogP contribution >= 0.6 is 11.6 Å². The van der Waals surface area contributed by atoms with Crippen LogP contribution in [0.4, 0.5) is 14.6 Å². The number of hydrogen-bond donors (Lipinski definition) is 2. The zero-order valence-corrected chi connectivity index (χ0v) is 28.9. The van der Waals surface area contributed by atoms with Crippen LogP contribution in [0.2, 0.25) is 30.7 Å². The number of benzene rings is 2. The molecule has 248 valence electrons. The number of rotatable bonds is 15. The van der Waals surface area contributed by atoms with Gasteiger partial charge in [-0.2, -0.15) is 9.97 Å². The van der Waals surface area contributed by atoms with E-state index in [9.17, 15) is 13.6 Å². The molecule has 0 fully saturated rings. The summed E-state index contributed by atoms with van der Waals surface area (Å²) in [4.78, 5) is 29.3. The van der Waals surface area contributed by atoms with Gasteiger partial charge in [0, 0.05) is 19.7 Å².